The van der Waals surface area contributed by atoms with Crippen molar-refractivity contribution in [2.24, 2.45) is 0 Å². The van der Waals surface area contributed by atoms with Crippen LogP contribution in [0.4, 0.5) is 0 Å². The molecule has 0 heterocycles. The SMILES string of the molecule is Cc1ccc(O)c(C(=O)NC(C)(C)C(=O)O)c1. The number of nitrogens with one attached hydrogen (secondary N) is 1. The van der Waals surface area contributed by atoms with Gasteiger partial charge in [0.25, 0.3) is 5.91 Å². The van der Waals surface area contributed by atoms with Crippen LogP contribution in [0.15, 0.2) is 18.2 Å². The average Bonchev–Trinajstić information content (AvgIpc) is 2.20. The summed E-state index contributed by atoms with van der Waals surface area (Å²) in [6.07, 6.45) is 0. The Morgan fingerprint density at radius 3 is 2.41 bits per heavy atom. The van der Waals surface area contributed by atoms with Crippen molar-refractivity contribution in [1.82, 2.24) is 5.32 Å². The van der Waals surface area contributed by atoms with Crippen molar-refractivity contribution in [3.8, 4) is 5.75 Å². The lowest BCUT2D eigenvalue weighted by Gasteiger charge is -2.21. The maximum atomic E-state index is 11.8. The fraction of sp³-hybridized carbons (Fsp3) is 0.333. The van der Waals surface area contributed by atoms with Crippen molar-refractivity contribution in [3.63, 3.8) is 0 Å². The zero-order chi connectivity index (χ0) is 13.2. The van der Waals surface area contributed by atoms with Crippen LogP contribution >= 0.6 is 0 Å². The summed E-state index contributed by atoms with van der Waals surface area (Å²) >= 11 is 0. The van der Waals surface area contributed by atoms with Gasteiger partial charge >= 0.3 is 5.97 Å². The monoisotopic (exact) mass is 237 g/mol. The van der Waals surface area contributed by atoms with Gasteiger partial charge < -0.3 is 15.5 Å². The van der Waals surface area contributed by atoms with Crippen LogP contribution in [-0.2, 0) is 4.79 Å². The van der Waals surface area contributed by atoms with Crippen molar-refractivity contribution in [2.75, 3.05) is 0 Å². The molecule has 0 aliphatic heterocycles. The van der Waals surface area contributed by atoms with Crippen LogP contribution in [0.5, 0.6) is 5.75 Å². The van der Waals surface area contributed by atoms with Crippen molar-refractivity contribution >= 4 is 11.9 Å². The Hall–Kier alpha value is -2.04. The highest BCUT2D eigenvalue weighted by atomic mass is 16.4. The third-order valence-corrected chi connectivity index (χ3v) is 2.36. The van der Waals surface area contributed by atoms with Crippen molar-refractivity contribution in [1.29, 1.82) is 0 Å². The van der Waals surface area contributed by atoms with E-state index in [0.717, 1.165) is 5.56 Å². The first kappa shape index (κ1) is 13.0. The van der Waals surface area contributed by atoms with E-state index in [2.05, 4.69) is 5.32 Å². The predicted octanol–water partition coefficient (Wildman–Crippen LogP) is 1.29. The quantitative estimate of drug-likeness (QED) is 0.739. The number of carboxylic acid groups (broad SMARTS) is 1. The van der Waals surface area contributed by atoms with Gasteiger partial charge in [-0.15, -0.1) is 0 Å². The summed E-state index contributed by atoms with van der Waals surface area (Å²) in [5.41, 5.74) is -0.506. The summed E-state index contributed by atoms with van der Waals surface area (Å²) in [5.74, 6) is -1.93. The first-order valence-corrected chi connectivity index (χ1v) is 5.09. The summed E-state index contributed by atoms with van der Waals surface area (Å²) in [5, 5.41) is 20.8. The van der Waals surface area contributed by atoms with Gasteiger partial charge in [-0.05, 0) is 32.9 Å². The molecule has 5 nitrogen and oxygen atoms in total. The van der Waals surface area contributed by atoms with Crippen LogP contribution in [0.25, 0.3) is 0 Å². The van der Waals surface area contributed by atoms with Gasteiger partial charge in [0.1, 0.15) is 11.3 Å². The Labute approximate surface area is 99.1 Å². The molecule has 0 spiro atoms. The number of rotatable bonds is 3. The number of aromatic hydroxyl groups is 1. The number of carboxylic acids is 1. The lowest BCUT2D eigenvalue weighted by Crippen LogP contribution is -2.49. The van der Waals surface area contributed by atoms with Gasteiger partial charge in [-0.3, -0.25) is 4.79 Å². The molecule has 0 unspecified atom stereocenters. The van der Waals surface area contributed by atoms with Gasteiger partial charge in [-0.1, -0.05) is 11.6 Å². The van der Waals surface area contributed by atoms with E-state index in [4.69, 9.17) is 5.11 Å². The normalized spacial score (nSPS) is 11.0. The van der Waals surface area contributed by atoms with Gasteiger partial charge in [0.15, 0.2) is 0 Å². The standard InChI is InChI=1S/C12H15NO4/c1-7-4-5-9(14)8(6-7)10(15)13-12(2,3)11(16)17/h4-6,14H,1-3H3,(H,13,15)(H,16,17). The second kappa shape index (κ2) is 4.45. The number of amides is 1. The smallest absolute Gasteiger partial charge is 0.328 e. The number of aliphatic carboxylic acids is 1. The maximum Gasteiger partial charge on any atom is 0.328 e. The zero-order valence-electron chi connectivity index (χ0n) is 9.94. The van der Waals surface area contributed by atoms with Crippen molar-refractivity contribution in [2.45, 2.75) is 26.3 Å². The summed E-state index contributed by atoms with van der Waals surface area (Å²) in [4.78, 5) is 22.7. The molecule has 0 bridgehead atoms. The Balaban J connectivity index is 2.98. The minimum atomic E-state index is -1.38. The van der Waals surface area contributed by atoms with Crippen molar-refractivity contribution in [3.05, 3.63) is 29.3 Å². The van der Waals surface area contributed by atoms with Crippen LogP contribution in [0.1, 0.15) is 29.8 Å². The zero-order valence-corrected chi connectivity index (χ0v) is 9.94. The van der Waals surface area contributed by atoms with E-state index in [9.17, 15) is 14.7 Å². The molecular weight excluding hydrogens is 222 g/mol. The lowest BCUT2D eigenvalue weighted by atomic mass is 10.0. The first-order valence-electron chi connectivity index (χ1n) is 5.09. The molecule has 0 saturated heterocycles. The minimum Gasteiger partial charge on any atom is -0.507 e. The summed E-state index contributed by atoms with van der Waals surface area (Å²) in [7, 11) is 0. The van der Waals surface area contributed by atoms with Crippen LogP contribution in [0.2, 0.25) is 0 Å². The van der Waals surface area contributed by atoms with E-state index in [1.165, 1.54) is 26.0 Å². The molecule has 0 aliphatic rings. The molecule has 0 aromatic heterocycles. The van der Waals surface area contributed by atoms with Crippen LogP contribution in [0.3, 0.4) is 0 Å². The number of phenols is 1. The van der Waals surface area contributed by atoms with E-state index >= 15 is 0 Å². The molecule has 0 fully saturated rings. The molecule has 1 amide bonds. The van der Waals surface area contributed by atoms with E-state index in [1.807, 2.05) is 0 Å². The van der Waals surface area contributed by atoms with Gasteiger partial charge in [0, 0.05) is 0 Å². The van der Waals surface area contributed by atoms with Gasteiger partial charge in [-0.25, -0.2) is 4.79 Å². The number of phenolic OH excluding ortho intramolecular Hbond substituents is 1. The fourth-order valence-corrected chi connectivity index (χ4v) is 1.24. The molecule has 1 aromatic carbocycles. The molecule has 0 radical (unpaired) electrons. The highest BCUT2D eigenvalue weighted by Gasteiger charge is 2.30. The second-order valence-corrected chi connectivity index (χ2v) is 4.40. The molecule has 1 rings (SSSR count). The van der Waals surface area contributed by atoms with Crippen LogP contribution < -0.4 is 5.32 Å². The third kappa shape index (κ3) is 2.96. The molecule has 0 saturated carbocycles. The highest BCUT2D eigenvalue weighted by Crippen LogP contribution is 2.19. The Bertz CT molecular complexity index is 466. The molecular formula is C12H15NO4. The summed E-state index contributed by atoms with van der Waals surface area (Å²) in [6.45, 7) is 4.53. The third-order valence-electron chi connectivity index (χ3n) is 2.36. The van der Waals surface area contributed by atoms with E-state index in [1.54, 1.807) is 13.0 Å². The Kier molecular flexibility index (Phi) is 3.41. The predicted molar refractivity (Wildman–Crippen MR) is 62.0 cm³/mol. The lowest BCUT2D eigenvalue weighted by molar-refractivity contribution is -0.143. The molecule has 1 aromatic rings. The fourth-order valence-electron chi connectivity index (χ4n) is 1.24. The molecule has 0 aliphatic carbocycles. The largest absolute Gasteiger partial charge is 0.507 e. The van der Waals surface area contributed by atoms with E-state index in [0.29, 0.717) is 0 Å². The molecule has 92 valence electrons. The first-order chi connectivity index (χ1) is 7.74. The molecule has 3 N–H and O–H groups in total. The topological polar surface area (TPSA) is 86.6 Å². The number of aryl methyl sites for hydroxylation is 1. The summed E-state index contributed by atoms with van der Waals surface area (Å²) in [6, 6.07) is 4.56. The Morgan fingerprint density at radius 2 is 1.88 bits per heavy atom. The average molecular weight is 237 g/mol. The maximum absolute atomic E-state index is 11.8. The number of benzene rings is 1. The van der Waals surface area contributed by atoms with Crippen LogP contribution in [0, 0.1) is 6.92 Å². The molecule has 0 atom stereocenters. The van der Waals surface area contributed by atoms with Gasteiger partial charge in [0.05, 0.1) is 5.56 Å². The number of carbonyl (C=O) groups excluding carboxylic acids is 1. The second-order valence-electron chi connectivity index (χ2n) is 4.40. The minimum absolute atomic E-state index is 0.0688. The van der Waals surface area contributed by atoms with Gasteiger partial charge in [-0.2, -0.15) is 0 Å². The molecule has 5 heteroatoms. The van der Waals surface area contributed by atoms with E-state index < -0.39 is 17.4 Å². The molecule has 17 heavy (non-hydrogen) atoms. The number of carbonyl (C=O) groups is 2. The number of hydrogen-bond acceptors (Lipinski definition) is 3. The van der Waals surface area contributed by atoms with Gasteiger partial charge in [0.2, 0.25) is 0 Å². The van der Waals surface area contributed by atoms with E-state index in [-0.39, 0.29) is 11.3 Å². The number of hydrogen-bond donors (Lipinski definition) is 3. The summed E-state index contributed by atoms with van der Waals surface area (Å²) < 4.78 is 0. The highest BCUT2D eigenvalue weighted by molar-refractivity contribution is 5.99. The Morgan fingerprint density at radius 1 is 1.29 bits per heavy atom. The van der Waals surface area contributed by atoms with Crippen molar-refractivity contribution < 1.29 is 19.8 Å². The van der Waals surface area contributed by atoms with Crippen LogP contribution in [-0.4, -0.2) is 27.6 Å².